The van der Waals surface area contributed by atoms with Crippen LogP contribution in [0.25, 0.3) is 0 Å². The number of aliphatic hydroxyl groups is 1. The number of phosphoric acid groups is 1. The van der Waals surface area contributed by atoms with Crippen LogP contribution in [0.1, 0.15) is 51.9 Å². The van der Waals surface area contributed by atoms with Gasteiger partial charge in [-0.05, 0) is 32.6 Å². The quantitative estimate of drug-likeness (QED) is 0.0636. The Labute approximate surface area is 241 Å². The minimum Gasteiger partial charge on any atom is -0.394 e. The number of urea groups is 1. The molecule has 2 amide bonds. The number of unbranched alkanes of at least 4 members (excludes halogenated alkanes) is 2. The number of ether oxygens (including phenoxy) is 4. The summed E-state index contributed by atoms with van der Waals surface area (Å²) in [4.78, 5) is 33.0. The molecule has 2 aliphatic rings. The predicted octanol–water partition coefficient (Wildman–Crippen LogP) is 2.03. The molecule has 0 bridgehead atoms. The second kappa shape index (κ2) is 21.0. The van der Waals surface area contributed by atoms with E-state index in [1.807, 2.05) is 11.8 Å². The zero-order chi connectivity index (χ0) is 29.1. The Morgan fingerprint density at radius 2 is 1.60 bits per heavy atom. The first-order chi connectivity index (χ1) is 19.3. The Hall–Kier alpha value is -0.800. The number of aliphatic hydroxyl groups excluding tert-OH is 1. The van der Waals surface area contributed by atoms with E-state index in [0.29, 0.717) is 63.5 Å². The monoisotopic (exact) mass is 614 g/mol. The lowest BCUT2D eigenvalue weighted by Gasteiger charge is -2.18. The molecule has 0 aromatic heterocycles. The average molecular weight is 615 g/mol. The van der Waals surface area contributed by atoms with Crippen LogP contribution in [-0.4, -0.2) is 117 Å². The molecule has 234 valence electrons. The van der Waals surface area contributed by atoms with E-state index >= 15 is 0 Å². The molecule has 2 fully saturated rings. The fourth-order valence-electron chi connectivity index (χ4n) is 4.33. The number of hydrogen-bond donors (Lipinski definition) is 4. The fourth-order valence-corrected chi connectivity index (χ4v) is 6.77. The Balaban J connectivity index is 1.29. The smallest absolute Gasteiger partial charge is 0.394 e. The van der Waals surface area contributed by atoms with Crippen molar-refractivity contribution < 1.29 is 52.1 Å². The Morgan fingerprint density at radius 1 is 0.975 bits per heavy atom. The summed E-state index contributed by atoms with van der Waals surface area (Å²) >= 11 is 1.91. The molecular formula is C25H47N2O11PS. The second-order valence-corrected chi connectivity index (χ2v) is 12.3. The van der Waals surface area contributed by atoms with Crippen LogP contribution in [0.4, 0.5) is 4.79 Å². The van der Waals surface area contributed by atoms with Crippen molar-refractivity contribution in [2.45, 2.75) is 75.3 Å². The van der Waals surface area contributed by atoms with Crippen molar-refractivity contribution in [3.05, 3.63) is 0 Å². The number of thioether (sulfide) groups is 1. The number of nitrogens with one attached hydrogen (secondary N) is 2. The molecule has 5 unspecified atom stereocenters. The number of amides is 2. The van der Waals surface area contributed by atoms with Crippen LogP contribution in [0.5, 0.6) is 0 Å². The van der Waals surface area contributed by atoms with Crippen molar-refractivity contribution >= 4 is 31.4 Å². The summed E-state index contributed by atoms with van der Waals surface area (Å²) in [6.07, 6.45) is 4.86. The number of carbonyl (C=O) groups excluding carboxylic acids is 2. The number of carbonyl (C=O) groups is 2. The predicted molar refractivity (Wildman–Crippen MR) is 150 cm³/mol. The third kappa shape index (κ3) is 15.4. The van der Waals surface area contributed by atoms with Gasteiger partial charge in [0.25, 0.3) is 0 Å². The van der Waals surface area contributed by atoms with Gasteiger partial charge in [0.15, 0.2) is 0 Å². The van der Waals surface area contributed by atoms with E-state index in [4.69, 9.17) is 23.5 Å². The molecule has 0 radical (unpaired) electrons. The minimum absolute atomic E-state index is 0.0162. The highest BCUT2D eigenvalue weighted by Crippen LogP contribution is 2.44. The van der Waals surface area contributed by atoms with Gasteiger partial charge in [-0.2, -0.15) is 11.8 Å². The van der Waals surface area contributed by atoms with Gasteiger partial charge in [-0.1, -0.05) is 6.42 Å². The van der Waals surface area contributed by atoms with Crippen LogP contribution in [0.15, 0.2) is 0 Å². The maximum atomic E-state index is 12.1. The van der Waals surface area contributed by atoms with Crippen LogP contribution in [0, 0.1) is 0 Å². The molecule has 2 heterocycles. The minimum atomic E-state index is -4.19. The highest BCUT2D eigenvalue weighted by molar-refractivity contribution is 8.00. The Morgan fingerprint density at radius 3 is 2.25 bits per heavy atom. The summed E-state index contributed by atoms with van der Waals surface area (Å²) in [5.74, 6) is 1.27. The van der Waals surface area contributed by atoms with E-state index in [1.165, 1.54) is 0 Å². The van der Waals surface area contributed by atoms with Gasteiger partial charge in [0, 0.05) is 30.5 Å². The summed E-state index contributed by atoms with van der Waals surface area (Å²) < 4.78 is 42.6. The van der Waals surface area contributed by atoms with Gasteiger partial charge >= 0.3 is 13.9 Å². The highest BCUT2D eigenvalue weighted by atomic mass is 32.2. The third-order valence-electron chi connectivity index (χ3n) is 6.32. The zero-order valence-electron chi connectivity index (χ0n) is 23.5. The lowest BCUT2D eigenvalue weighted by atomic mass is 10.0. The van der Waals surface area contributed by atoms with Crippen LogP contribution >= 0.6 is 19.6 Å². The maximum Gasteiger partial charge on any atom is 0.472 e. The molecule has 2 rings (SSSR count). The van der Waals surface area contributed by atoms with Crippen molar-refractivity contribution in [1.29, 1.82) is 0 Å². The molecule has 0 aliphatic carbocycles. The van der Waals surface area contributed by atoms with Gasteiger partial charge in [-0.15, -0.1) is 0 Å². The van der Waals surface area contributed by atoms with Crippen molar-refractivity contribution in [2.75, 3.05) is 71.8 Å². The lowest BCUT2D eigenvalue weighted by molar-refractivity contribution is -0.119. The SMILES string of the molecule is CCOP(=O)(O)OC(CO)COCCOCCOCCOCCCCC(=O)CCCCC1SCC2NC(=O)NC21. The summed E-state index contributed by atoms with van der Waals surface area (Å²) in [6, 6.07) is 0.429. The molecular weight excluding hydrogens is 567 g/mol. The molecule has 5 atom stereocenters. The molecule has 40 heavy (non-hydrogen) atoms. The normalized spacial score (nSPS) is 22.5. The molecule has 15 heteroatoms. The van der Waals surface area contributed by atoms with Crippen LogP contribution in [-0.2, 0) is 37.4 Å². The molecule has 0 aromatic carbocycles. The molecule has 13 nitrogen and oxygen atoms in total. The highest BCUT2D eigenvalue weighted by Gasteiger charge is 2.42. The number of hydrogen-bond acceptors (Lipinski definition) is 11. The van der Waals surface area contributed by atoms with Crippen LogP contribution in [0.2, 0.25) is 0 Å². The summed E-state index contributed by atoms with van der Waals surface area (Å²) in [7, 11) is -4.19. The first-order valence-electron chi connectivity index (χ1n) is 14.1. The van der Waals surface area contributed by atoms with Crippen molar-refractivity contribution in [2.24, 2.45) is 0 Å². The summed E-state index contributed by atoms with van der Waals surface area (Å²) in [5, 5.41) is 15.6. The first kappa shape index (κ1) is 35.4. The van der Waals surface area contributed by atoms with E-state index in [-0.39, 0.29) is 37.9 Å². The molecule has 2 aliphatic heterocycles. The molecule has 0 spiro atoms. The maximum absolute atomic E-state index is 12.1. The number of Topliss-reactive ketones (excluding diaryl/α,β-unsaturated/α-hetero) is 1. The topological polar surface area (TPSA) is 171 Å². The van der Waals surface area contributed by atoms with Crippen molar-refractivity contribution in [3.8, 4) is 0 Å². The fraction of sp³-hybridized carbons (Fsp3) is 0.920. The zero-order valence-corrected chi connectivity index (χ0v) is 25.2. The summed E-state index contributed by atoms with van der Waals surface area (Å²) in [5.41, 5.74) is 0. The van der Waals surface area contributed by atoms with E-state index in [2.05, 4.69) is 15.2 Å². The van der Waals surface area contributed by atoms with E-state index in [0.717, 1.165) is 37.9 Å². The second-order valence-electron chi connectivity index (χ2n) is 9.57. The average Bonchev–Trinajstić information content (AvgIpc) is 3.47. The largest absolute Gasteiger partial charge is 0.472 e. The molecule has 0 aromatic rings. The van der Waals surface area contributed by atoms with E-state index < -0.39 is 20.5 Å². The van der Waals surface area contributed by atoms with Gasteiger partial charge < -0.3 is 39.6 Å². The van der Waals surface area contributed by atoms with Crippen LogP contribution < -0.4 is 10.6 Å². The lowest BCUT2D eigenvalue weighted by Crippen LogP contribution is -2.36. The Bertz CT molecular complexity index is 766. The van der Waals surface area contributed by atoms with E-state index in [9.17, 15) is 24.2 Å². The standard InChI is InChI=1S/C25H47N2O11PS/c1-2-37-39(31,32)38-21(17-28)18-36-16-15-35-14-13-34-12-11-33-10-6-5-8-20(29)7-3-4-9-23-24-22(19-40-23)26-25(30)27-24/h21-24,28H,2-19H2,1H3,(H,31,32)(H2,26,27,30). The number of phosphoric ester groups is 1. The molecule has 4 N–H and O–H groups in total. The van der Waals surface area contributed by atoms with Gasteiger partial charge in [-0.25, -0.2) is 9.36 Å². The third-order valence-corrected chi connectivity index (χ3v) is 8.98. The molecule has 2 saturated heterocycles. The number of fused-ring (bicyclic) bond motifs is 1. The number of rotatable bonds is 26. The van der Waals surface area contributed by atoms with Gasteiger partial charge in [0.1, 0.15) is 11.9 Å². The first-order valence-corrected chi connectivity index (χ1v) is 16.7. The molecule has 0 saturated carbocycles. The summed E-state index contributed by atoms with van der Waals surface area (Å²) in [6.45, 7) is 3.89. The van der Waals surface area contributed by atoms with Crippen molar-refractivity contribution in [3.63, 3.8) is 0 Å². The Kier molecular flexibility index (Phi) is 18.6. The van der Waals surface area contributed by atoms with Crippen molar-refractivity contribution in [1.82, 2.24) is 10.6 Å². The van der Waals surface area contributed by atoms with Gasteiger partial charge in [0.05, 0.1) is 71.5 Å². The van der Waals surface area contributed by atoms with Crippen LogP contribution in [0.3, 0.4) is 0 Å². The van der Waals surface area contributed by atoms with Gasteiger partial charge in [0.2, 0.25) is 0 Å². The van der Waals surface area contributed by atoms with Gasteiger partial charge in [-0.3, -0.25) is 13.8 Å². The van der Waals surface area contributed by atoms with E-state index in [1.54, 1.807) is 6.92 Å². The number of ketones is 1.